The van der Waals surface area contributed by atoms with Gasteiger partial charge in [-0.05, 0) is 62.3 Å². The van der Waals surface area contributed by atoms with Crippen molar-refractivity contribution in [2.45, 2.75) is 57.5 Å². The molecule has 0 aromatic heterocycles. The molecule has 4 aliphatic rings. The van der Waals surface area contributed by atoms with Gasteiger partial charge in [0.25, 0.3) is 11.8 Å². The Kier molecular flexibility index (Phi) is 11.5. The molecule has 274 valence electrons. The van der Waals surface area contributed by atoms with Crippen molar-refractivity contribution in [2.75, 3.05) is 64.6 Å². The first-order chi connectivity index (χ1) is 25.2. The Morgan fingerprint density at radius 1 is 0.923 bits per heavy atom. The summed E-state index contributed by atoms with van der Waals surface area (Å²) in [6.45, 7) is 12.8. The number of hydrogen-bond acceptors (Lipinski definition) is 9. The van der Waals surface area contributed by atoms with Crippen LogP contribution in [0.5, 0.6) is 17.2 Å². The zero-order chi connectivity index (χ0) is 36.8. The number of carbonyl (C=O) groups excluding carboxylic acids is 3. The molecule has 2 fully saturated rings. The van der Waals surface area contributed by atoms with E-state index in [-0.39, 0.29) is 56.0 Å². The second-order valence-electron chi connectivity index (χ2n) is 13.5. The van der Waals surface area contributed by atoms with Gasteiger partial charge in [-0.3, -0.25) is 19.4 Å². The van der Waals surface area contributed by atoms with Crippen LogP contribution < -0.4 is 19.1 Å². The zero-order valence-corrected chi connectivity index (χ0v) is 29.8. The minimum absolute atomic E-state index is 0.0877. The van der Waals surface area contributed by atoms with E-state index >= 15 is 0 Å². The third kappa shape index (κ3) is 7.93. The van der Waals surface area contributed by atoms with Crippen molar-refractivity contribution in [1.29, 1.82) is 0 Å². The number of fused-ring (bicyclic) bond motifs is 4. The van der Waals surface area contributed by atoms with Crippen LogP contribution in [0.4, 0.5) is 11.4 Å². The Morgan fingerprint density at radius 2 is 1.65 bits per heavy atom. The molecule has 0 N–H and O–H groups in total. The average Bonchev–Trinajstić information content (AvgIpc) is 3.64. The molecule has 2 aromatic carbocycles. The molecule has 2 aromatic rings. The Hall–Kier alpha value is -5.33. The van der Waals surface area contributed by atoms with Gasteiger partial charge in [0.2, 0.25) is 5.91 Å². The number of azide groups is 1. The summed E-state index contributed by atoms with van der Waals surface area (Å²) < 4.78 is 23.4. The number of benzene rings is 2. The molecule has 0 saturated carbocycles. The van der Waals surface area contributed by atoms with E-state index in [1.54, 1.807) is 40.0 Å². The fourth-order valence-corrected chi connectivity index (χ4v) is 7.10. The molecule has 2 saturated heterocycles. The normalized spacial score (nSPS) is 19.0. The van der Waals surface area contributed by atoms with Gasteiger partial charge in [-0.25, -0.2) is 0 Å². The highest BCUT2D eigenvalue weighted by Gasteiger charge is 2.40. The van der Waals surface area contributed by atoms with E-state index in [2.05, 4.69) is 28.2 Å². The Morgan fingerprint density at radius 3 is 2.42 bits per heavy atom. The molecule has 14 heteroatoms. The topological polar surface area (TPSA) is 159 Å². The highest BCUT2D eigenvalue weighted by atomic mass is 16.5. The molecule has 4 aliphatic heterocycles. The number of aryl methyl sites for hydroxylation is 1. The van der Waals surface area contributed by atoms with Crippen LogP contribution >= 0.6 is 0 Å². The number of carbonyl (C=O) groups is 3. The first kappa shape index (κ1) is 36.5. The van der Waals surface area contributed by atoms with Gasteiger partial charge in [-0.1, -0.05) is 29.4 Å². The standard InChI is InChI=1S/C38H45N7O7/c1-24-14-27-20-40-31-18-35(34(49-4)17-29(31)37(47)43(27)21-24)52-11-7-5-6-10-51-33-19-32-30(16-26(33)3)38(48)44-22-25(2)15-28(44)23-45(32)36(46)8-12-50-13-9-41-42-39/h16-20,27-28H,1-2,5-15,21-23H2,3-4H3/t27-,28-/m0/s1. The maximum absolute atomic E-state index is 13.7. The van der Waals surface area contributed by atoms with E-state index in [0.717, 1.165) is 36.0 Å². The van der Waals surface area contributed by atoms with E-state index < -0.39 is 0 Å². The molecule has 4 heterocycles. The Balaban J connectivity index is 1.05. The molecule has 14 nitrogen and oxygen atoms in total. The average molecular weight is 712 g/mol. The largest absolute Gasteiger partial charge is 0.493 e. The number of hydrogen-bond donors (Lipinski definition) is 0. The summed E-state index contributed by atoms with van der Waals surface area (Å²) in [5.74, 6) is 1.26. The van der Waals surface area contributed by atoms with Crippen LogP contribution in [0.3, 0.4) is 0 Å². The summed E-state index contributed by atoms with van der Waals surface area (Å²) in [6.07, 6.45) is 5.63. The fourth-order valence-electron chi connectivity index (χ4n) is 7.10. The van der Waals surface area contributed by atoms with Crippen molar-refractivity contribution in [3.8, 4) is 17.2 Å². The number of ether oxygens (including phenoxy) is 4. The number of unbranched alkanes of at least 4 members (excludes halogenated alkanes) is 2. The lowest BCUT2D eigenvalue weighted by Gasteiger charge is -2.26. The number of aliphatic imine (C=N–C) groups is 1. The van der Waals surface area contributed by atoms with Crippen molar-refractivity contribution >= 4 is 35.3 Å². The summed E-state index contributed by atoms with van der Waals surface area (Å²) in [6, 6.07) is 6.84. The third-order valence-corrected chi connectivity index (χ3v) is 9.74. The highest BCUT2D eigenvalue weighted by molar-refractivity contribution is 6.07. The van der Waals surface area contributed by atoms with Crippen LogP contribution in [0, 0.1) is 6.92 Å². The predicted molar refractivity (Wildman–Crippen MR) is 196 cm³/mol. The van der Waals surface area contributed by atoms with Gasteiger partial charge in [-0.2, -0.15) is 0 Å². The van der Waals surface area contributed by atoms with Crippen molar-refractivity contribution in [3.05, 3.63) is 75.7 Å². The molecular formula is C38H45N7O7. The molecule has 2 atom stereocenters. The van der Waals surface area contributed by atoms with E-state index in [0.29, 0.717) is 85.4 Å². The first-order valence-corrected chi connectivity index (χ1v) is 17.7. The van der Waals surface area contributed by atoms with Gasteiger partial charge in [0.15, 0.2) is 11.5 Å². The number of rotatable bonds is 15. The second kappa shape index (κ2) is 16.3. The minimum Gasteiger partial charge on any atom is -0.493 e. The Bertz CT molecular complexity index is 1840. The minimum atomic E-state index is -0.164. The third-order valence-electron chi connectivity index (χ3n) is 9.74. The lowest BCUT2D eigenvalue weighted by atomic mass is 10.1. The van der Waals surface area contributed by atoms with E-state index in [1.165, 1.54) is 0 Å². The highest BCUT2D eigenvalue weighted by Crippen LogP contribution is 2.39. The maximum atomic E-state index is 13.7. The van der Waals surface area contributed by atoms with Gasteiger partial charge >= 0.3 is 0 Å². The number of anilines is 1. The van der Waals surface area contributed by atoms with E-state index in [9.17, 15) is 14.4 Å². The van der Waals surface area contributed by atoms with Gasteiger partial charge in [0.05, 0.1) is 74.5 Å². The molecule has 0 unspecified atom stereocenters. The smallest absolute Gasteiger partial charge is 0.257 e. The number of methoxy groups -OCH3 is 1. The zero-order valence-electron chi connectivity index (χ0n) is 29.8. The van der Waals surface area contributed by atoms with E-state index in [1.807, 2.05) is 19.2 Å². The molecule has 3 amide bonds. The van der Waals surface area contributed by atoms with Crippen LogP contribution in [-0.2, 0) is 9.53 Å². The van der Waals surface area contributed by atoms with Gasteiger partial charge in [0.1, 0.15) is 5.75 Å². The lowest BCUT2D eigenvalue weighted by molar-refractivity contribution is -0.119. The molecule has 6 rings (SSSR count). The van der Waals surface area contributed by atoms with Crippen LogP contribution in [0.25, 0.3) is 10.4 Å². The first-order valence-electron chi connectivity index (χ1n) is 17.7. The summed E-state index contributed by atoms with van der Waals surface area (Å²) in [5.41, 5.74) is 13.3. The van der Waals surface area contributed by atoms with Crippen molar-refractivity contribution < 1.29 is 33.3 Å². The second-order valence-corrected chi connectivity index (χ2v) is 13.5. The molecule has 0 bridgehead atoms. The summed E-state index contributed by atoms with van der Waals surface area (Å²) in [5, 5.41) is 3.45. The monoisotopic (exact) mass is 711 g/mol. The summed E-state index contributed by atoms with van der Waals surface area (Å²) >= 11 is 0. The van der Waals surface area contributed by atoms with Crippen molar-refractivity contribution in [3.63, 3.8) is 0 Å². The molecule has 0 spiro atoms. The van der Waals surface area contributed by atoms with Crippen LogP contribution in [-0.4, -0.2) is 106 Å². The quantitative estimate of drug-likeness (QED) is 0.0726. The van der Waals surface area contributed by atoms with Crippen molar-refractivity contribution in [1.82, 2.24) is 9.80 Å². The molecule has 0 aliphatic carbocycles. The fraction of sp³-hybridized carbons (Fsp3) is 0.474. The Labute approximate surface area is 303 Å². The van der Waals surface area contributed by atoms with Crippen LogP contribution in [0.1, 0.15) is 64.8 Å². The van der Waals surface area contributed by atoms with Gasteiger partial charge in [0, 0.05) is 49.4 Å². The summed E-state index contributed by atoms with van der Waals surface area (Å²) in [4.78, 5) is 53.1. The maximum Gasteiger partial charge on any atom is 0.257 e. The SMILES string of the molecule is C=C1C[C@H]2CN(C(=O)CCOCCN=[N+]=[N-])c3cc(OCCCCCOc4cc5c(cc4OC)C(=O)N4CC(=C)C[C@H]4C=N5)c(C)cc3C(=O)N2C1. The van der Waals surface area contributed by atoms with E-state index in [4.69, 9.17) is 24.5 Å². The number of amides is 3. The van der Waals surface area contributed by atoms with Crippen LogP contribution in [0.15, 0.2) is 58.7 Å². The van der Waals surface area contributed by atoms with Crippen molar-refractivity contribution in [2.24, 2.45) is 10.1 Å². The molecule has 0 radical (unpaired) electrons. The van der Waals surface area contributed by atoms with Crippen LogP contribution in [0.2, 0.25) is 0 Å². The molecule has 52 heavy (non-hydrogen) atoms. The number of nitrogens with zero attached hydrogens (tertiary/aromatic N) is 7. The van der Waals surface area contributed by atoms with Gasteiger partial charge in [-0.15, -0.1) is 0 Å². The predicted octanol–water partition coefficient (Wildman–Crippen LogP) is 5.95. The summed E-state index contributed by atoms with van der Waals surface area (Å²) in [7, 11) is 1.55. The molecular weight excluding hydrogens is 666 g/mol. The van der Waals surface area contributed by atoms with Gasteiger partial charge < -0.3 is 33.6 Å². The lowest BCUT2D eigenvalue weighted by Crippen LogP contribution is -2.42.